The Labute approximate surface area is 85.4 Å². The van der Waals surface area contributed by atoms with Crippen LogP contribution in [0, 0.1) is 10.1 Å². The minimum Gasteiger partial charge on any atom is -0.726 e. The van der Waals surface area contributed by atoms with Gasteiger partial charge in [0.05, 0.1) is 11.5 Å². The van der Waals surface area contributed by atoms with Crippen LogP contribution in [0.25, 0.3) is 0 Å². The summed E-state index contributed by atoms with van der Waals surface area (Å²) in [4.78, 5) is 9.67. The van der Waals surface area contributed by atoms with Gasteiger partial charge in [0.25, 0.3) is 5.69 Å². The van der Waals surface area contributed by atoms with Gasteiger partial charge in [-0.1, -0.05) is 0 Å². The third kappa shape index (κ3) is 4.02. The summed E-state index contributed by atoms with van der Waals surface area (Å²) in [5.41, 5.74) is 0.240. The first-order chi connectivity index (χ1) is 6.88. The molecule has 0 aromatic heterocycles. The first-order valence-electron chi connectivity index (χ1n) is 3.72. The van der Waals surface area contributed by atoms with E-state index in [4.69, 9.17) is 0 Å². The molecule has 0 N–H and O–H groups in total. The van der Waals surface area contributed by atoms with Gasteiger partial charge in [0.15, 0.2) is 0 Å². The maximum atomic E-state index is 10.3. The number of non-ortho nitro benzene ring substituents is 1. The van der Waals surface area contributed by atoms with E-state index in [0.717, 1.165) is 0 Å². The average molecular weight is 232 g/mol. The Morgan fingerprint density at radius 3 is 2.20 bits per heavy atom. The van der Waals surface area contributed by atoms with Crippen molar-refractivity contribution in [3.05, 3.63) is 39.9 Å². The summed E-state index contributed by atoms with van der Waals surface area (Å²) in [6.07, 6.45) is 0. The molecule has 15 heavy (non-hydrogen) atoms. The number of benzene rings is 1. The van der Waals surface area contributed by atoms with Crippen molar-refractivity contribution in [2.45, 2.75) is 6.61 Å². The summed E-state index contributed by atoms with van der Waals surface area (Å²) < 4.78 is 34.2. The van der Waals surface area contributed by atoms with E-state index in [1.54, 1.807) is 0 Å². The van der Waals surface area contributed by atoms with Crippen molar-refractivity contribution in [1.29, 1.82) is 0 Å². The lowest BCUT2D eigenvalue weighted by atomic mass is 10.2. The Morgan fingerprint density at radius 2 is 1.80 bits per heavy atom. The summed E-state index contributed by atoms with van der Waals surface area (Å²) in [6, 6.07) is 5.00. The van der Waals surface area contributed by atoms with Crippen molar-refractivity contribution in [3.63, 3.8) is 0 Å². The molecular weight excluding hydrogens is 226 g/mol. The second-order valence-electron chi connectivity index (χ2n) is 2.59. The lowest BCUT2D eigenvalue weighted by Crippen LogP contribution is -2.03. The van der Waals surface area contributed by atoms with E-state index in [2.05, 4.69) is 4.18 Å². The molecule has 7 nitrogen and oxygen atoms in total. The van der Waals surface area contributed by atoms with Crippen molar-refractivity contribution in [1.82, 2.24) is 0 Å². The molecule has 0 amide bonds. The summed E-state index contributed by atoms with van der Waals surface area (Å²) >= 11 is 0. The molecule has 0 fully saturated rings. The van der Waals surface area contributed by atoms with Crippen molar-refractivity contribution >= 4 is 16.1 Å². The van der Waals surface area contributed by atoms with Crippen molar-refractivity contribution in [3.8, 4) is 0 Å². The lowest BCUT2D eigenvalue weighted by Gasteiger charge is -2.06. The van der Waals surface area contributed by atoms with Crippen LogP contribution in [-0.2, 0) is 21.2 Å². The molecule has 0 saturated heterocycles. The minimum atomic E-state index is -4.73. The van der Waals surface area contributed by atoms with Crippen LogP contribution in [0.15, 0.2) is 24.3 Å². The maximum absolute atomic E-state index is 10.3. The highest BCUT2D eigenvalue weighted by Crippen LogP contribution is 2.12. The predicted octanol–water partition coefficient (Wildman–Crippen LogP) is 0.572. The van der Waals surface area contributed by atoms with E-state index in [1.807, 2.05) is 0 Å². The SMILES string of the molecule is O=[N+]([O-])c1ccc(COS(=O)(=O)[O-])cc1. The number of rotatable bonds is 4. The van der Waals surface area contributed by atoms with Crippen LogP contribution in [0.1, 0.15) is 5.56 Å². The highest BCUT2D eigenvalue weighted by molar-refractivity contribution is 7.80. The van der Waals surface area contributed by atoms with E-state index >= 15 is 0 Å². The lowest BCUT2D eigenvalue weighted by molar-refractivity contribution is -0.384. The molecule has 0 heterocycles. The van der Waals surface area contributed by atoms with Crippen molar-refractivity contribution in [2.75, 3.05) is 0 Å². The Kier molecular flexibility index (Phi) is 3.35. The fourth-order valence-electron chi connectivity index (χ4n) is 0.854. The van der Waals surface area contributed by atoms with Gasteiger partial charge in [0.1, 0.15) is 0 Å². The van der Waals surface area contributed by atoms with E-state index in [-0.39, 0.29) is 5.69 Å². The normalized spacial score (nSPS) is 11.3. The first kappa shape index (κ1) is 11.6. The molecule has 82 valence electrons. The fourth-order valence-corrected chi connectivity index (χ4v) is 1.13. The number of nitro benzene ring substituents is 1. The molecule has 0 aliphatic carbocycles. The number of nitro groups is 1. The maximum Gasteiger partial charge on any atom is 0.269 e. The van der Waals surface area contributed by atoms with Crippen molar-refractivity contribution < 1.29 is 22.1 Å². The Bertz CT molecular complexity index is 451. The number of hydrogen-bond donors (Lipinski definition) is 0. The molecule has 0 saturated carbocycles. The van der Waals surface area contributed by atoms with Crippen LogP contribution in [-0.4, -0.2) is 17.9 Å². The highest BCUT2D eigenvalue weighted by Gasteiger charge is 2.04. The molecule has 0 atom stereocenters. The topological polar surface area (TPSA) is 110 Å². The van der Waals surface area contributed by atoms with Gasteiger partial charge in [-0.05, 0) is 17.7 Å². The predicted molar refractivity (Wildman–Crippen MR) is 47.6 cm³/mol. The van der Waals surface area contributed by atoms with Crippen LogP contribution in [0.3, 0.4) is 0 Å². The van der Waals surface area contributed by atoms with Gasteiger partial charge in [-0.15, -0.1) is 0 Å². The van der Waals surface area contributed by atoms with E-state index in [9.17, 15) is 23.1 Å². The van der Waals surface area contributed by atoms with Crippen LogP contribution in [0.5, 0.6) is 0 Å². The average Bonchev–Trinajstić information content (AvgIpc) is 2.14. The van der Waals surface area contributed by atoms with E-state index < -0.39 is 21.9 Å². The van der Waals surface area contributed by atoms with E-state index in [0.29, 0.717) is 5.56 Å². The van der Waals surface area contributed by atoms with Gasteiger partial charge in [-0.25, -0.2) is 8.42 Å². The molecule has 0 spiro atoms. The van der Waals surface area contributed by atoms with Crippen LogP contribution < -0.4 is 0 Å². The molecule has 1 rings (SSSR count). The third-order valence-electron chi connectivity index (χ3n) is 1.52. The summed E-state index contributed by atoms with van der Waals surface area (Å²) in [5.74, 6) is 0. The Hall–Kier alpha value is -1.51. The van der Waals surface area contributed by atoms with Gasteiger partial charge >= 0.3 is 0 Å². The van der Waals surface area contributed by atoms with Crippen LogP contribution in [0.4, 0.5) is 5.69 Å². The Balaban J connectivity index is 2.69. The van der Waals surface area contributed by atoms with Gasteiger partial charge in [-0.3, -0.25) is 14.3 Å². The summed E-state index contributed by atoms with van der Waals surface area (Å²) in [5, 5.41) is 10.3. The Morgan fingerprint density at radius 1 is 1.27 bits per heavy atom. The van der Waals surface area contributed by atoms with Crippen molar-refractivity contribution in [2.24, 2.45) is 0 Å². The third-order valence-corrected chi connectivity index (χ3v) is 1.92. The molecule has 1 aromatic carbocycles. The van der Waals surface area contributed by atoms with Gasteiger partial charge < -0.3 is 4.55 Å². The smallest absolute Gasteiger partial charge is 0.269 e. The fraction of sp³-hybridized carbons (Fsp3) is 0.143. The first-order valence-corrected chi connectivity index (χ1v) is 5.05. The molecule has 0 aliphatic heterocycles. The van der Waals surface area contributed by atoms with Gasteiger partial charge in [-0.2, -0.15) is 0 Å². The standard InChI is InChI=1S/C7H7NO6S/c9-8(10)7-3-1-6(2-4-7)5-14-15(11,12)13/h1-4H,5H2,(H,11,12,13)/p-1. The second-order valence-corrected chi connectivity index (χ2v) is 3.65. The quantitative estimate of drug-likeness (QED) is 0.325. The van der Waals surface area contributed by atoms with Crippen LogP contribution in [0.2, 0.25) is 0 Å². The zero-order valence-corrected chi connectivity index (χ0v) is 8.14. The van der Waals surface area contributed by atoms with Gasteiger partial charge in [0.2, 0.25) is 10.4 Å². The monoisotopic (exact) mass is 232 g/mol. The molecule has 1 aromatic rings. The second kappa shape index (κ2) is 4.34. The number of nitrogens with zero attached hydrogens (tertiary/aromatic N) is 1. The molecule has 0 unspecified atom stereocenters. The largest absolute Gasteiger partial charge is 0.726 e. The highest BCUT2D eigenvalue weighted by atomic mass is 32.3. The molecule has 8 heteroatoms. The molecule has 0 radical (unpaired) electrons. The molecule has 0 aliphatic rings. The molecule has 0 bridgehead atoms. The van der Waals surface area contributed by atoms with E-state index in [1.165, 1.54) is 24.3 Å². The van der Waals surface area contributed by atoms with Crippen LogP contribution >= 0.6 is 0 Å². The number of hydrogen-bond acceptors (Lipinski definition) is 6. The van der Waals surface area contributed by atoms with Gasteiger partial charge in [0, 0.05) is 12.1 Å². The zero-order valence-electron chi connectivity index (χ0n) is 7.32. The summed E-state index contributed by atoms with van der Waals surface area (Å²) in [7, 11) is -4.73. The zero-order chi connectivity index (χ0) is 11.5. The molecular formula is C7H6NO6S-. The summed E-state index contributed by atoms with van der Waals surface area (Å²) in [6.45, 7) is -0.427. The minimum absolute atomic E-state index is 0.122.